The molecule has 7 heteroatoms. The van der Waals surface area contributed by atoms with Gasteiger partial charge in [-0.15, -0.1) is 0 Å². The van der Waals surface area contributed by atoms with Crippen molar-refractivity contribution < 1.29 is 14.3 Å². The lowest BCUT2D eigenvalue weighted by Crippen LogP contribution is -2.47. The van der Waals surface area contributed by atoms with Gasteiger partial charge in [-0.1, -0.05) is 11.6 Å². The molecule has 0 saturated carbocycles. The molecule has 0 aliphatic carbocycles. The van der Waals surface area contributed by atoms with E-state index in [2.05, 4.69) is 15.5 Å². The highest BCUT2D eigenvalue weighted by atomic mass is 35.5. The Bertz CT molecular complexity index is 600. The van der Waals surface area contributed by atoms with Crippen molar-refractivity contribution in [1.29, 1.82) is 0 Å². The topological polar surface area (TPSA) is 62.8 Å². The van der Waals surface area contributed by atoms with E-state index in [1.54, 1.807) is 18.2 Å². The van der Waals surface area contributed by atoms with E-state index < -0.39 is 0 Å². The molecule has 3 rings (SSSR count). The van der Waals surface area contributed by atoms with Crippen molar-refractivity contribution in [3.05, 3.63) is 23.2 Å². The SMILES string of the molecule is CCOc1ccc(NC(=O)NC2CCN(C[C@H]3CCCO3)CC2)cc1Cl. The number of urea groups is 1. The van der Waals surface area contributed by atoms with Crippen molar-refractivity contribution in [2.75, 3.05) is 38.2 Å². The number of anilines is 1. The molecule has 2 amide bonds. The Morgan fingerprint density at radius 2 is 2.15 bits per heavy atom. The van der Waals surface area contributed by atoms with E-state index in [4.69, 9.17) is 21.1 Å². The molecule has 6 nitrogen and oxygen atoms in total. The minimum atomic E-state index is -0.192. The van der Waals surface area contributed by atoms with Gasteiger partial charge in [0, 0.05) is 38.0 Å². The van der Waals surface area contributed by atoms with Gasteiger partial charge < -0.3 is 25.0 Å². The number of carbonyl (C=O) groups excluding carboxylic acids is 1. The third kappa shape index (κ3) is 5.50. The number of hydrogen-bond acceptors (Lipinski definition) is 4. The van der Waals surface area contributed by atoms with Crippen LogP contribution in [0, 0.1) is 0 Å². The van der Waals surface area contributed by atoms with Crippen molar-refractivity contribution in [2.45, 2.75) is 44.8 Å². The van der Waals surface area contributed by atoms with E-state index in [1.165, 1.54) is 12.8 Å². The van der Waals surface area contributed by atoms with Crippen molar-refractivity contribution in [2.24, 2.45) is 0 Å². The zero-order valence-electron chi connectivity index (χ0n) is 15.3. The van der Waals surface area contributed by atoms with Crippen LogP contribution >= 0.6 is 11.6 Å². The molecule has 2 N–H and O–H groups in total. The Hall–Kier alpha value is -1.50. The molecular formula is C19H28ClN3O3. The van der Waals surface area contributed by atoms with Crippen LogP contribution in [0.4, 0.5) is 10.5 Å². The Labute approximate surface area is 160 Å². The molecule has 2 fully saturated rings. The summed E-state index contributed by atoms with van der Waals surface area (Å²) in [5.41, 5.74) is 0.659. The lowest BCUT2D eigenvalue weighted by atomic mass is 10.0. The second-order valence-electron chi connectivity index (χ2n) is 6.89. The average molecular weight is 382 g/mol. The third-order valence-electron chi connectivity index (χ3n) is 4.90. The van der Waals surface area contributed by atoms with Crippen molar-refractivity contribution >= 4 is 23.3 Å². The van der Waals surface area contributed by atoms with Crippen molar-refractivity contribution in [3.63, 3.8) is 0 Å². The number of benzene rings is 1. The number of ether oxygens (including phenoxy) is 2. The number of rotatable bonds is 6. The number of hydrogen-bond donors (Lipinski definition) is 2. The molecule has 1 aromatic rings. The fraction of sp³-hybridized carbons (Fsp3) is 0.632. The molecule has 0 radical (unpaired) electrons. The molecular weight excluding hydrogens is 354 g/mol. The summed E-state index contributed by atoms with van der Waals surface area (Å²) in [7, 11) is 0. The molecule has 1 atom stereocenters. The van der Waals surface area contributed by atoms with E-state index in [1.807, 2.05) is 6.92 Å². The Morgan fingerprint density at radius 1 is 1.35 bits per heavy atom. The fourth-order valence-electron chi connectivity index (χ4n) is 3.54. The minimum absolute atomic E-state index is 0.192. The molecule has 2 aliphatic rings. The van der Waals surface area contributed by atoms with Gasteiger partial charge in [-0.25, -0.2) is 4.79 Å². The lowest BCUT2D eigenvalue weighted by molar-refractivity contribution is 0.0633. The van der Waals surface area contributed by atoms with Crippen LogP contribution in [0.2, 0.25) is 5.02 Å². The van der Waals surface area contributed by atoms with Gasteiger partial charge in [0.15, 0.2) is 0 Å². The first-order chi connectivity index (χ1) is 12.6. The summed E-state index contributed by atoms with van der Waals surface area (Å²) in [5.74, 6) is 0.624. The van der Waals surface area contributed by atoms with Crippen LogP contribution in [0.25, 0.3) is 0 Å². The molecule has 2 heterocycles. The van der Waals surface area contributed by atoms with Gasteiger partial charge in [0.25, 0.3) is 0 Å². The van der Waals surface area contributed by atoms with Gasteiger partial charge in [0.05, 0.1) is 17.7 Å². The van der Waals surface area contributed by atoms with E-state index >= 15 is 0 Å². The predicted molar refractivity (Wildman–Crippen MR) is 103 cm³/mol. The van der Waals surface area contributed by atoms with Gasteiger partial charge in [0.1, 0.15) is 5.75 Å². The van der Waals surface area contributed by atoms with Crippen LogP contribution in [0.15, 0.2) is 18.2 Å². The molecule has 1 aromatic carbocycles. The number of likely N-dealkylation sites (tertiary alicyclic amines) is 1. The average Bonchev–Trinajstić information content (AvgIpc) is 3.12. The zero-order valence-corrected chi connectivity index (χ0v) is 16.1. The highest BCUT2D eigenvalue weighted by molar-refractivity contribution is 6.32. The summed E-state index contributed by atoms with van der Waals surface area (Å²) in [4.78, 5) is 14.7. The molecule has 0 unspecified atom stereocenters. The Balaban J connectivity index is 1.40. The van der Waals surface area contributed by atoms with Crippen LogP contribution in [-0.2, 0) is 4.74 Å². The summed E-state index contributed by atoms with van der Waals surface area (Å²) < 4.78 is 11.1. The maximum atomic E-state index is 12.2. The second kappa shape index (κ2) is 9.44. The molecule has 26 heavy (non-hydrogen) atoms. The molecule has 144 valence electrons. The van der Waals surface area contributed by atoms with E-state index in [0.717, 1.165) is 39.1 Å². The maximum Gasteiger partial charge on any atom is 0.319 e. The number of nitrogens with zero attached hydrogens (tertiary/aromatic N) is 1. The van der Waals surface area contributed by atoms with Crippen LogP contribution in [0.1, 0.15) is 32.6 Å². The number of carbonyl (C=O) groups is 1. The third-order valence-corrected chi connectivity index (χ3v) is 5.19. The standard InChI is InChI=1S/C19H28ClN3O3/c1-2-25-18-6-5-15(12-17(18)20)22-19(24)21-14-7-9-23(10-8-14)13-16-4-3-11-26-16/h5-6,12,14,16H,2-4,7-11,13H2,1H3,(H2,21,22,24)/t16-/m1/s1. The van der Waals surface area contributed by atoms with Crippen molar-refractivity contribution in [1.82, 2.24) is 10.2 Å². The van der Waals surface area contributed by atoms with E-state index in [9.17, 15) is 4.79 Å². The zero-order chi connectivity index (χ0) is 18.4. The summed E-state index contributed by atoms with van der Waals surface area (Å²) in [5, 5.41) is 6.40. The van der Waals surface area contributed by atoms with Crippen molar-refractivity contribution in [3.8, 4) is 5.75 Å². The quantitative estimate of drug-likeness (QED) is 0.791. The predicted octanol–water partition coefficient (Wildman–Crippen LogP) is 3.50. The molecule has 2 saturated heterocycles. The first kappa shape index (κ1) is 19.3. The summed E-state index contributed by atoms with van der Waals surface area (Å²) in [6, 6.07) is 5.28. The van der Waals surface area contributed by atoms with Gasteiger partial charge in [-0.2, -0.15) is 0 Å². The highest BCUT2D eigenvalue weighted by Gasteiger charge is 2.24. The van der Waals surface area contributed by atoms with Crippen LogP contribution in [0.3, 0.4) is 0 Å². The van der Waals surface area contributed by atoms with Crippen LogP contribution in [0.5, 0.6) is 5.75 Å². The Kier molecular flexibility index (Phi) is 7.00. The van der Waals surface area contributed by atoms with Gasteiger partial charge in [-0.3, -0.25) is 0 Å². The maximum absolute atomic E-state index is 12.2. The highest BCUT2D eigenvalue weighted by Crippen LogP contribution is 2.27. The summed E-state index contributed by atoms with van der Waals surface area (Å²) in [6.07, 6.45) is 4.67. The number of piperidine rings is 1. The summed E-state index contributed by atoms with van der Waals surface area (Å²) >= 11 is 6.16. The van der Waals surface area contributed by atoms with E-state index in [0.29, 0.717) is 29.2 Å². The normalized spacial score (nSPS) is 21.5. The molecule has 2 aliphatic heterocycles. The second-order valence-corrected chi connectivity index (χ2v) is 7.29. The lowest BCUT2D eigenvalue weighted by Gasteiger charge is -2.33. The summed E-state index contributed by atoms with van der Waals surface area (Å²) in [6.45, 7) is 6.38. The Morgan fingerprint density at radius 3 is 2.81 bits per heavy atom. The monoisotopic (exact) mass is 381 g/mol. The smallest absolute Gasteiger partial charge is 0.319 e. The first-order valence-corrected chi connectivity index (χ1v) is 9.85. The van der Waals surface area contributed by atoms with Gasteiger partial charge in [0.2, 0.25) is 0 Å². The van der Waals surface area contributed by atoms with Gasteiger partial charge >= 0.3 is 6.03 Å². The van der Waals surface area contributed by atoms with E-state index in [-0.39, 0.29) is 12.1 Å². The van der Waals surface area contributed by atoms with Crippen LogP contribution in [-0.4, -0.2) is 55.9 Å². The molecule has 0 spiro atoms. The first-order valence-electron chi connectivity index (χ1n) is 9.48. The molecule has 0 aromatic heterocycles. The fourth-order valence-corrected chi connectivity index (χ4v) is 3.78. The minimum Gasteiger partial charge on any atom is -0.492 e. The van der Waals surface area contributed by atoms with Crippen LogP contribution < -0.4 is 15.4 Å². The number of halogens is 1. The number of nitrogens with one attached hydrogen (secondary N) is 2. The number of amides is 2. The van der Waals surface area contributed by atoms with Gasteiger partial charge in [-0.05, 0) is 50.8 Å². The molecule has 0 bridgehead atoms. The largest absolute Gasteiger partial charge is 0.492 e.